The van der Waals surface area contributed by atoms with Crippen molar-refractivity contribution in [1.29, 1.82) is 0 Å². The SMILES string of the molecule is CC(C)N(C)P(=NS)(N(C)C)N(C(C)(C)C)C(C)(C)C. The Hall–Kier alpha value is 0.460. The van der Waals surface area contributed by atoms with E-state index >= 15 is 0 Å². The third kappa shape index (κ3) is 4.01. The van der Waals surface area contributed by atoms with E-state index in [4.69, 9.17) is 0 Å². The summed E-state index contributed by atoms with van der Waals surface area (Å²) < 4.78 is 11.8. The quantitative estimate of drug-likeness (QED) is 0.605. The molecule has 0 aromatic rings. The van der Waals surface area contributed by atoms with Crippen molar-refractivity contribution in [3.8, 4) is 0 Å². The van der Waals surface area contributed by atoms with Crippen molar-refractivity contribution in [2.24, 2.45) is 4.15 Å². The fraction of sp³-hybridized carbons (Fsp3) is 1.00. The molecule has 0 N–H and O–H groups in total. The van der Waals surface area contributed by atoms with Crippen molar-refractivity contribution >= 4 is 20.3 Å². The number of rotatable bonds is 4. The van der Waals surface area contributed by atoms with Gasteiger partial charge in [-0.2, -0.15) is 4.15 Å². The van der Waals surface area contributed by atoms with E-state index in [0.717, 1.165) is 0 Å². The van der Waals surface area contributed by atoms with Gasteiger partial charge in [-0.05, 0) is 89.3 Å². The molecule has 0 aromatic carbocycles. The maximum atomic E-state index is 4.66. The van der Waals surface area contributed by atoms with Crippen molar-refractivity contribution in [2.75, 3.05) is 21.1 Å². The predicted octanol–water partition coefficient (Wildman–Crippen LogP) is 4.58. The van der Waals surface area contributed by atoms with Crippen LogP contribution in [0.5, 0.6) is 0 Å². The summed E-state index contributed by atoms with van der Waals surface area (Å²) in [6.45, 7) is 17.9. The fourth-order valence-corrected chi connectivity index (χ4v) is 7.80. The van der Waals surface area contributed by atoms with Gasteiger partial charge in [0.1, 0.15) is 0 Å². The molecule has 4 nitrogen and oxygen atoms in total. The lowest BCUT2D eigenvalue weighted by atomic mass is 10.0. The summed E-state index contributed by atoms with van der Waals surface area (Å²) in [4.78, 5) is 0. The molecular weight excluding hydrogens is 287 g/mol. The van der Waals surface area contributed by atoms with Crippen molar-refractivity contribution in [2.45, 2.75) is 72.5 Å². The van der Waals surface area contributed by atoms with Crippen LogP contribution in [0.3, 0.4) is 0 Å². The minimum Gasteiger partial charge on any atom is -0.251 e. The van der Waals surface area contributed by atoms with Crippen molar-refractivity contribution in [3.05, 3.63) is 0 Å². The Kier molecular flexibility index (Phi) is 6.85. The molecule has 0 rings (SSSR count). The van der Waals surface area contributed by atoms with E-state index in [1.165, 1.54) is 0 Å². The van der Waals surface area contributed by atoms with E-state index in [2.05, 4.69) is 108 Å². The average molecular weight is 323 g/mol. The molecule has 0 bridgehead atoms. The maximum absolute atomic E-state index is 4.66. The molecule has 0 fully saturated rings. The largest absolute Gasteiger partial charge is 0.251 e. The highest BCUT2D eigenvalue weighted by atomic mass is 32.1. The van der Waals surface area contributed by atoms with Crippen LogP contribution in [-0.4, -0.2) is 52.3 Å². The van der Waals surface area contributed by atoms with Gasteiger partial charge in [0, 0.05) is 17.1 Å². The Morgan fingerprint density at radius 3 is 1.40 bits per heavy atom. The highest BCUT2D eigenvalue weighted by molar-refractivity contribution is 7.84. The third-order valence-electron chi connectivity index (χ3n) is 3.37. The summed E-state index contributed by atoms with van der Waals surface area (Å²) in [7, 11) is 4.31. The van der Waals surface area contributed by atoms with Crippen LogP contribution in [0.15, 0.2) is 4.15 Å². The second-order valence-electron chi connectivity index (χ2n) is 7.79. The molecular formula is C14H35N4PS. The zero-order valence-corrected chi connectivity index (χ0v) is 17.0. The smallest absolute Gasteiger partial charge is 0.179 e. The Balaban J connectivity index is 6.37. The van der Waals surface area contributed by atoms with Crippen LogP contribution in [0, 0.1) is 0 Å². The van der Waals surface area contributed by atoms with Gasteiger partial charge in [-0.3, -0.25) is 4.67 Å². The van der Waals surface area contributed by atoms with E-state index in [0.29, 0.717) is 6.04 Å². The molecule has 0 saturated heterocycles. The number of thiol groups is 1. The molecule has 0 spiro atoms. The average Bonchev–Trinajstić information content (AvgIpc) is 2.20. The van der Waals surface area contributed by atoms with Crippen LogP contribution >= 0.6 is 20.3 Å². The first kappa shape index (κ1) is 20.5. The van der Waals surface area contributed by atoms with Crippen LogP contribution in [-0.2, 0) is 0 Å². The van der Waals surface area contributed by atoms with Gasteiger partial charge in [0.2, 0.25) is 0 Å². The summed E-state index contributed by atoms with van der Waals surface area (Å²) in [6.07, 6.45) is 0. The topological polar surface area (TPSA) is 22.1 Å². The lowest BCUT2D eigenvalue weighted by molar-refractivity contribution is 0.123. The van der Waals surface area contributed by atoms with E-state index in [9.17, 15) is 0 Å². The molecule has 0 radical (unpaired) electrons. The Morgan fingerprint density at radius 2 is 1.25 bits per heavy atom. The van der Waals surface area contributed by atoms with E-state index in [-0.39, 0.29) is 11.1 Å². The molecule has 6 heteroatoms. The molecule has 1 atom stereocenters. The summed E-state index contributed by atoms with van der Waals surface area (Å²) in [5, 5.41) is 0. The van der Waals surface area contributed by atoms with Crippen molar-refractivity contribution < 1.29 is 0 Å². The van der Waals surface area contributed by atoms with Gasteiger partial charge in [-0.25, -0.2) is 9.34 Å². The maximum Gasteiger partial charge on any atom is 0.179 e. The van der Waals surface area contributed by atoms with Crippen molar-refractivity contribution in [1.82, 2.24) is 14.0 Å². The summed E-state index contributed by atoms with van der Waals surface area (Å²) in [6, 6.07) is 0.397. The van der Waals surface area contributed by atoms with Gasteiger partial charge in [-0.1, -0.05) is 0 Å². The first-order chi connectivity index (χ1) is 8.72. The molecule has 1 unspecified atom stereocenters. The van der Waals surface area contributed by atoms with Crippen LogP contribution in [0.2, 0.25) is 0 Å². The third-order valence-corrected chi connectivity index (χ3v) is 8.44. The molecule has 0 saturated carbocycles. The molecule has 20 heavy (non-hydrogen) atoms. The van der Waals surface area contributed by atoms with E-state index in [1.807, 2.05) is 0 Å². The van der Waals surface area contributed by atoms with Gasteiger partial charge in [-0.15, -0.1) is 0 Å². The minimum absolute atomic E-state index is 0.00826. The van der Waals surface area contributed by atoms with Crippen LogP contribution in [0.1, 0.15) is 55.4 Å². The predicted molar refractivity (Wildman–Crippen MR) is 96.3 cm³/mol. The van der Waals surface area contributed by atoms with Crippen LogP contribution in [0.25, 0.3) is 0 Å². The molecule has 0 aromatic heterocycles. The lowest BCUT2D eigenvalue weighted by Gasteiger charge is -2.56. The molecule has 0 aliphatic heterocycles. The zero-order chi connectivity index (χ0) is 16.5. The van der Waals surface area contributed by atoms with Crippen LogP contribution in [0.4, 0.5) is 0 Å². The zero-order valence-electron chi connectivity index (χ0n) is 15.3. The van der Waals surface area contributed by atoms with Gasteiger partial charge in [0.15, 0.2) is 7.51 Å². The molecule has 122 valence electrons. The van der Waals surface area contributed by atoms with Gasteiger partial charge < -0.3 is 0 Å². The summed E-state index contributed by atoms with van der Waals surface area (Å²) in [5.74, 6) is 0. The highest BCUT2D eigenvalue weighted by Gasteiger charge is 2.47. The van der Waals surface area contributed by atoms with Crippen LogP contribution < -0.4 is 0 Å². The van der Waals surface area contributed by atoms with Crippen molar-refractivity contribution in [3.63, 3.8) is 0 Å². The van der Waals surface area contributed by atoms with Gasteiger partial charge >= 0.3 is 0 Å². The van der Waals surface area contributed by atoms with Gasteiger partial charge in [0.05, 0.1) is 0 Å². The molecule has 0 amide bonds. The number of nitrogens with zero attached hydrogens (tertiary/aromatic N) is 4. The van der Waals surface area contributed by atoms with Gasteiger partial charge in [0.25, 0.3) is 0 Å². The first-order valence-corrected chi connectivity index (χ1v) is 9.20. The fourth-order valence-electron chi connectivity index (χ4n) is 2.91. The van der Waals surface area contributed by atoms with E-state index in [1.54, 1.807) is 0 Å². The lowest BCUT2D eigenvalue weighted by Crippen LogP contribution is -2.55. The minimum atomic E-state index is -2.06. The summed E-state index contributed by atoms with van der Waals surface area (Å²) in [5.41, 5.74) is -0.0165. The molecule has 0 aliphatic carbocycles. The van der Waals surface area contributed by atoms with E-state index < -0.39 is 7.51 Å². The normalized spacial score (nSPS) is 17.2. The summed E-state index contributed by atoms with van der Waals surface area (Å²) >= 11 is 4.43. The Bertz CT molecular complexity index is 352. The number of hydrogen-bond donors (Lipinski definition) is 1. The number of hydrogen-bond acceptors (Lipinski definition) is 1. The first-order valence-electron chi connectivity index (χ1n) is 7.20. The monoisotopic (exact) mass is 322 g/mol. The standard InChI is InChI=1S/C14H35N4PS/c1-12(2)17(11)19(15-20,16(9)10)18(13(3,4)5)14(6,7)8/h12,20H,1-11H3. The Morgan fingerprint density at radius 1 is 0.900 bits per heavy atom. The second kappa shape index (κ2) is 6.70. The molecule has 0 aliphatic rings. The highest BCUT2D eigenvalue weighted by Crippen LogP contribution is 2.64. The molecule has 0 heterocycles. The Labute approximate surface area is 132 Å². The second-order valence-corrected chi connectivity index (χ2v) is 11.4.